The summed E-state index contributed by atoms with van der Waals surface area (Å²) in [7, 11) is 0. The molecule has 3 rings (SSSR count). The van der Waals surface area contributed by atoms with Crippen LogP contribution in [0.15, 0.2) is 22.6 Å². The van der Waals surface area contributed by atoms with Crippen molar-refractivity contribution in [1.82, 2.24) is 9.78 Å². The average molecular weight is 308 g/mol. The molecule has 5 heteroatoms. The molecule has 0 spiro atoms. The van der Waals surface area contributed by atoms with Crippen LogP contribution in [0.1, 0.15) is 44.9 Å². The first-order chi connectivity index (χ1) is 10.2. The number of hydrogen-bond acceptors (Lipinski definition) is 3. The smallest absolute Gasteiger partial charge is 0.291 e. The van der Waals surface area contributed by atoms with E-state index in [1.807, 2.05) is 0 Å². The number of anilines is 1. The molecule has 0 amide bonds. The Morgan fingerprint density at radius 2 is 2.24 bits per heavy atom. The van der Waals surface area contributed by atoms with Crippen LogP contribution in [0.4, 0.5) is 5.69 Å². The van der Waals surface area contributed by atoms with Crippen molar-refractivity contribution in [1.29, 1.82) is 0 Å². The van der Waals surface area contributed by atoms with Crippen LogP contribution in [-0.4, -0.2) is 16.3 Å². The van der Waals surface area contributed by atoms with Crippen LogP contribution in [0.2, 0.25) is 5.02 Å². The first kappa shape index (κ1) is 14.6. The maximum atomic E-state index is 12.4. The summed E-state index contributed by atoms with van der Waals surface area (Å²) in [5.41, 5.74) is 1.91. The van der Waals surface area contributed by atoms with Gasteiger partial charge in [-0.1, -0.05) is 23.3 Å². The van der Waals surface area contributed by atoms with Gasteiger partial charge in [-0.05, 0) is 50.9 Å². The van der Waals surface area contributed by atoms with Crippen LogP contribution in [0.3, 0.4) is 0 Å². The Hall–Kier alpha value is -1.29. The van der Waals surface area contributed by atoms with Gasteiger partial charge in [-0.15, -0.1) is 0 Å². The van der Waals surface area contributed by atoms with Crippen molar-refractivity contribution < 1.29 is 0 Å². The fraction of sp³-hybridized carbons (Fsp3) is 0.625. The molecule has 1 N–H and O–H groups in total. The molecule has 0 aromatic carbocycles. The van der Waals surface area contributed by atoms with Gasteiger partial charge in [0.25, 0.3) is 5.56 Å². The maximum absolute atomic E-state index is 12.4. The highest BCUT2D eigenvalue weighted by Crippen LogP contribution is 2.30. The molecule has 21 heavy (non-hydrogen) atoms. The molecule has 1 aromatic heterocycles. The van der Waals surface area contributed by atoms with Crippen molar-refractivity contribution in [3.05, 3.63) is 33.2 Å². The van der Waals surface area contributed by atoms with Gasteiger partial charge in [-0.2, -0.15) is 5.10 Å². The van der Waals surface area contributed by atoms with E-state index in [0.717, 1.165) is 19.5 Å². The van der Waals surface area contributed by atoms with Crippen LogP contribution in [-0.2, 0) is 6.54 Å². The number of aromatic nitrogens is 2. The zero-order valence-corrected chi connectivity index (χ0v) is 13.0. The molecule has 114 valence electrons. The van der Waals surface area contributed by atoms with Crippen molar-refractivity contribution in [2.24, 2.45) is 5.92 Å². The van der Waals surface area contributed by atoms with E-state index in [0.29, 0.717) is 16.6 Å². The molecular weight excluding hydrogens is 286 g/mol. The second-order valence-corrected chi connectivity index (χ2v) is 6.49. The Bertz CT molecular complexity index is 590. The van der Waals surface area contributed by atoms with E-state index >= 15 is 0 Å². The third-order valence-corrected chi connectivity index (χ3v) is 4.55. The normalized spacial score (nSPS) is 18.4. The Morgan fingerprint density at radius 3 is 2.95 bits per heavy atom. The van der Waals surface area contributed by atoms with E-state index < -0.39 is 0 Å². The first-order valence-electron chi connectivity index (χ1n) is 7.91. The minimum absolute atomic E-state index is 0.0907. The van der Waals surface area contributed by atoms with Gasteiger partial charge in [0.1, 0.15) is 5.69 Å². The number of nitrogens with zero attached hydrogens (tertiary/aromatic N) is 2. The van der Waals surface area contributed by atoms with Crippen LogP contribution in [0.5, 0.6) is 0 Å². The molecule has 2 aliphatic carbocycles. The molecule has 4 nitrogen and oxygen atoms in total. The summed E-state index contributed by atoms with van der Waals surface area (Å²) in [6.07, 6.45) is 12.3. The molecule has 0 aliphatic heterocycles. The SMILES string of the molecule is O=c1c(NCCC2=CCCCC2)c(Cl)cnn1CC1CC1. The van der Waals surface area contributed by atoms with Gasteiger partial charge in [0.2, 0.25) is 0 Å². The number of halogens is 1. The molecule has 0 bridgehead atoms. The van der Waals surface area contributed by atoms with E-state index in [9.17, 15) is 4.79 Å². The highest BCUT2D eigenvalue weighted by molar-refractivity contribution is 6.32. The van der Waals surface area contributed by atoms with Crippen molar-refractivity contribution >= 4 is 17.3 Å². The second kappa shape index (κ2) is 6.65. The molecule has 0 radical (unpaired) electrons. The van der Waals surface area contributed by atoms with E-state index in [-0.39, 0.29) is 5.56 Å². The zero-order valence-electron chi connectivity index (χ0n) is 12.3. The molecule has 1 fully saturated rings. The molecular formula is C16H22ClN3O. The monoisotopic (exact) mass is 307 g/mol. The van der Waals surface area contributed by atoms with Crippen molar-refractivity contribution in [3.63, 3.8) is 0 Å². The number of hydrogen-bond donors (Lipinski definition) is 1. The number of nitrogens with one attached hydrogen (secondary N) is 1. The Morgan fingerprint density at radius 1 is 1.38 bits per heavy atom. The summed E-state index contributed by atoms with van der Waals surface area (Å²) in [5, 5.41) is 7.77. The van der Waals surface area contributed by atoms with E-state index in [2.05, 4.69) is 16.5 Å². The molecule has 1 heterocycles. The molecule has 0 saturated heterocycles. The van der Waals surface area contributed by atoms with E-state index in [4.69, 9.17) is 11.6 Å². The summed E-state index contributed by atoms with van der Waals surface area (Å²) < 4.78 is 1.55. The van der Waals surface area contributed by atoms with Gasteiger partial charge < -0.3 is 5.32 Å². The van der Waals surface area contributed by atoms with Crippen LogP contribution < -0.4 is 10.9 Å². The van der Waals surface area contributed by atoms with Crippen molar-refractivity contribution in [2.45, 2.75) is 51.5 Å². The lowest BCUT2D eigenvalue weighted by Gasteiger charge is -2.14. The van der Waals surface area contributed by atoms with Crippen LogP contribution >= 0.6 is 11.6 Å². The Kier molecular flexibility index (Phi) is 4.63. The predicted molar refractivity (Wildman–Crippen MR) is 85.9 cm³/mol. The van der Waals surface area contributed by atoms with Crippen molar-refractivity contribution in [2.75, 3.05) is 11.9 Å². The number of rotatable bonds is 6. The zero-order chi connectivity index (χ0) is 14.7. The largest absolute Gasteiger partial charge is 0.379 e. The predicted octanol–water partition coefficient (Wildman–Crippen LogP) is 3.61. The summed E-state index contributed by atoms with van der Waals surface area (Å²) in [5.74, 6) is 0.622. The lowest BCUT2D eigenvalue weighted by molar-refractivity contribution is 0.534. The van der Waals surface area contributed by atoms with Gasteiger partial charge in [-0.25, -0.2) is 4.68 Å². The maximum Gasteiger partial charge on any atom is 0.291 e. The number of allylic oxidation sites excluding steroid dienone is 1. The fourth-order valence-electron chi connectivity index (χ4n) is 2.78. The molecule has 1 aromatic rings. The highest BCUT2D eigenvalue weighted by atomic mass is 35.5. The Labute approximate surface area is 130 Å². The minimum atomic E-state index is -0.0907. The van der Waals surface area contributed by atoms with Gasteiger partial charge in [0.15, 0.2) is 0 Å². The van der Waals surface area contributed by atoms with E-state index in [1.165, 1.54) is 44.1 Å². The fourth-order valence-corrected chi connectivity index (χ4v) is 2.97. The third kappa shape index (κ3) is 3.88. The van der Waals surface area contributed by atoms with Gasteiger partial charge >= 0.3 is 0 Å². The third-order valence-electron chi connectivity index (χ3n) is 4.26. The summed E-state index contributed by atoms with van der Waals surface area (Å²) in [4.78, 5) is 12.4. The molecule has 2 aliphatic rings. The van der Waals surface area contributed by atoms with Gasteiger partial charge in [-0.3, -0.25) is 4.79 Å². The summed E-state index contributed by atoms with van der Waals surface area (Å²) >= 11 is 6.12. The lowest BCUT2D eigenvalue weighted by atomic mass is 9.97. The topological polar surface area (TPSA) is 46.9 Å². The first-order valence-corrected chi connectivity index (χ1v) is 8.29. The second-order valence-electron chi connectivity index (χ2n) is 6.08. The Balaban J connectivity index is 1.63. The molecule has 0 unspecified atom stereocenters. The standard InChI is InChI=1S/C16H22ClN3O/c17-14-10-19-20(11-13-6-7-13)16(21)15(14)18-9-8-12-4-2-1-3-5-12/h4,10,13,18H,1-3,5-9,11H2. The van der Waals surface area contributed by atoms with Gasteiger partial charge in [0.05, 0.1) is 11.2 Å². The van der Waals surface area contributed by atoms with Gasteiger partial charge in [0, 0.05) is 13.1 Å². The minimum Gasteiger partial charge on any atom is -0.379 e. The molecule has 1 saturated carbocycles. The highest BCUT2D eigenvalue weighted by Gasteiger charge is 2.23. The summed E-state index contributed by atoms with van der Waals surface area (Å²) in [6.45, 7) is 1.48. The molecule has 0 atom stereocenters. The van der Waals surface area contributed by atoms with E-state index in [1.54, 1.807) is 10.9 Å². The average Bonchev–Trinajstić information content (AvgIpc) is 3.31. The summed E-state index contributed by atoms with van der Waals surface area (Å²) in [6, 6.07) is 0. The van der Waals surface area contributed by atoms with Crippen LogP contribution in [0.25, 0.3) is 0 Å². The quantitative estimate of drug-likeness (QED) is 0.817. The van der Waals surface area contributed by atoms with Crippen molar-refractivity contribution in [3.8, 4) is 0 Å². The van der Waals surface area contributed by atoms with Crippen LogP contribution in [0, 0.1) is 5.92 Å². The lowest BCUT2D eigenvalue weighted by Crippen LogP contribution is -2.27.